The lowest BCUT2D eigenvalue weighted by Gasteiger charge is -1.94. The van der Waals surface area contributed by atoms with Crippen molar-refractivity contribution in [1.29, 1.82) is 0 Å². The maximum atomic E-state index is 12.2. The van der Waals surface area contributed by atoms with Crippen molar-refractivity contribution >= 4 is 5.78 Å². The predicted molar refractivity (Wildman–Crippen MR) is 26.1 cm³/mol. The summed E-state index contributed by atoms with van der Waals surface area (Å²) in [5, 5.41) is 0. The second-order valence-corrected chi connectivity index (χ2v) is 2.71. The molecule has 0 aromatic heterocycles. The molecule has 3 atom stereocenters. The molecule has 2 heteroatoms. The molecule has 0 heterocycles. The Balaban J connectivity index is 2.19. The molecule has 1 nitrogen and oxygen atoms in total. The van der Waals surface area contributed by atoms with Crippen molar-refractivity contribution in [2.45, 2.75) is 19.0 Å². The highest BCUT2D eigenvalue weighted by Gasteiger charge is 2.53. The summed E-state index contributed by atoms with van der Waals surface area (Å²) in [7, 11) is 0. The van der Waals surface area contributed by atoms with Crippen LogP contribution in [0.25, 0.3) is 0 Å². The molecule has 0 aromatic carbocycles. The highest BCUT2D eigenvalue weighted by Crippen LogP contribution is 2.50. The molecule has 0 unspecified atom stereocenters. The van der Waals surface area contributed by atoms with Gasteiger partial charge in [-0.2, -0.15) is 0 Å². The molecule has 8 heavy (non-hydrogen) atoms. The normalized spacial score (nSPS) is 51.6. The molecule has 0 N–H and O–H groups in total. The second-order valence-electron chi connectivity index (χ2n) is 2.71. The van der Waals surface area contributed by atoms with Crippen LogP contribution in [-0.4, -0.2) is 12.0 Å². The summed E-state index contributed by atoms with van der Waals surface area (Å²) in [5.41, 5.74) is 0. The van der Waals surface area contributed by atoms with Crippen LogP contribution in [0.15, 0.2) is 0 Å². The Kier molecular flexibility index (Phi) is 0.626. The van der Waals surface area contributed by atoms with Crippen molar-refractivity contribution < 1.29 is 9.18 Å². The van der Waals surface area contributed by atoms with Gasteiger partial charge in [0.15, 0.2) is 12.0 Å². The van der Waals surface area contributed by atoms with Gasteiger partial charge in [-0.15, -0.1) is 0 Å². The monoisotopic (exact) mass is 114 g/mol. The lowest BCUT2D eigenvalue weighted by molar-refractivity contribution is -0.123. The summed E-state index contributed by atoms with van der Waals surface area (Å²) in [6.07, 6.45) is 0.390. The molecule has 2 rings (SSSR count). The van der Waals surface area contributed by atoms with E-state index in [1.54, 1.807) is 0 Å². The summed E-state index contributed by atoms with van der Waals surface area (Å²) in [5.74, 6) is 0.456. The van der Waals surface area contributed by atoms with Crippen LogP contribution in [0.5, 0.6) is 0 Å². The number of hydrogen-bond donors (Lipinski definition) is 0. The van der Waals surface area contributed by atoms with E-state index in [1.165, 1.54) is 0 Å². The number of rotatable bonds is 0. The molecule has 0 aromatic rings. The fraction of sp³-hybridized carbons (Fsp3) is 0.833. The van der Waals surface area contributed by atoms with Crippen molar-refractivity contribution in [1.82, 2.24) is 0 Å². The van der Waals surface area contributed by atoms with E-state index in [0.29, 0.717) is 12.3 Å². The van der Waals surface area contributed by atoms with Crippen LogP contribution < -0.4 is 0 Å². The first kappa shape index (κ1) is 4.48. The number of Topliss-reactive ketones (excluding diaryl/α,β-unsaturated/α-hetero) is 1. The Labute approximate surface area is 46.9 Å². The Bertz CT molecular complexity index is 139. The third-order valence-corrected chi connectivity index (χ3v) is 2.11. The van der Waals surface area contributed by atoms with Crippen LogP contribution in [0.1, 0.15) is 12.8 Å². The Morgan fingerprint density at radius 2 is 2.25 bits per heavy atom. The molecule has 2 aliphatic carbocycles. The summed E-state index contributed by atoms with van der Waals surface area (Å²) in [6, 6.07) is 0. The van der Waals surface area contributed by atoms with E-state index in [-0.39, 0.29) is 11.7 Å². The second kappa shape index (κ2) is 1.12. The van der Waals surface area contributed by atoms with E-state index in [9.17, 15) is 9.18 Å². The third-order valence-electron chi connectivity index (χ3n) is 2.11. The molecule has 2 fully saturated rings. The Morgan fingerprint density at radius 1 is 1.50 bits per heavy atom. The van der Waals surface area contributed by atoms with Gasteiger partial charge in [0.05, 0.1) is 0 Å². The number of carbonyl (C=O) groups excluding carboxylic acids is 1. The number of ketones is 1. The van der Waals surface area contributed by atoms with Gasteiger partial charge in [0.25, 0.3) is 0 Å². The van der Waals surface area contributed by atoms with Crippen molar-refractivity contribution in [2.75, 3.05) is 0 Å². The van der Waals surface area contributed by atoms with Crippen LogP contribution in [0.3, 0.4) is 0 Å². The molecular formula is C6H7FO. The van der Waals surface area contributed by atoms with E-state index in [1.807, 2.05) is 0 Å². The lowest BCUT2D eigenvalue weighted by atomic mass is 10.2. The maximum Gasteiger partial charge on any atom is 0.170 e. The van der Waals surface area contributed by atoms with Gasteiger partial charge in [-0.05, 0) is 18.8 Å². The first-order valence-corrected chi connectivity index (χ1v) is 2.97. The van der Waals surface area contributed by atoms with E-state index in [0.717, 1.165) is 6.42 Å². The number of hydrogen-bond acceptors (Lipinski definition) is 1. The number of alkyl halides is 1. The van der Waals surface area contributed by atoms with Crippen molar-refractivity contribution in [2.24, 2.45) is 11.8 Å². The van der Waals surface area contributed by atoms with Gasteiger partial charge in [0, 0.05) is 5.92 Å². The molecule has 0 radical (unpaired) electrons. The zero-order chi connectivity index (χ0) is 5.72. The molecule has 2 saturated carbocycles. The number of carbonyl (C=O) groups is 1. The average molecular weight is 114 g/mol. The van der Waals surface area contributed by atoms with E-state index in [2.05, 4.69) is 0 Å². The van der Waals surface area contributed by atoms with E-state index < -0.39 is 6.17 Å². The Hall–Kier alpha value is -0.400. The van der Waals surface area contributed by atoms with Crippen molar-refractivity contribution in [3.63, 3.8) is 0 Å². The first-order valence-electron chi connectivity index (χ1n) is 2.97. The summed E-state index contributed by atoms with van der Waals surface area (Å²) in [4.78, 5) is 10.6. The highest BCUT2D eigenvalue weighted by atomic mass is 19.1. The first-order chi connectivity index (χ1) is 3.79. The van der Waals surface area contributed by atoms with Gasteiger partial charge >= 0.3 is 0 Å². The largest absolute Gasteiger partial charge is 0.296 e. The molecule has 0 amide bonds. The minimum atomic E-state index is -1.10. The van der Waals surface area contributed by atoms with Crippen molar-refractivity contribution in [3.05, 3.63) is 0 Å². The summed E-state index contributed by atoms with van der Waals surface area (Å²) in [6.45, 7) is 0. The lowest BCUT2D eigenvalue weighted by Crippen LogP contribution is -2.10. The van der Waals surface area contributed by atoms with Gasteiger partial charge < -0.3 is 0 Å². The fourth-order valence-electron chi connectivity index (χ4n) is 1.47. The van der Waals surface area contributed by atoms with Gasteiger partial charge in [-0.25, -0.2) is 4.39 Å². The molecule has 0 aliphatic heterocycles. The standard InChI is InChI=1S/C6H7FO/c7-5-2-3-1-4(3)6(5)8/h3-5H,1-2H2/t3-,4-,5+/m1/s1. The minimum absolute atomic E-state index is 0.130. The minimum Gasteiger partial charge on any atom is -0.296 e. The molecule has 2 aliphatic rings. The molecular weight excluding hydrogens is 107 g/mol. The van der Waals surface area contributed by atoms with Crippen LogP contribution in [-0.2, 0) is 4.79 Å². The topological polar surface area (TPSA) is 17.1 Å². The van der Waals surface area contributed by atoms with E-state index >= 15 is 0 Å². The summed E-state index contributed by atoms with van der Waals surface area (Å²) >= 11 is 0. The smallest absolute Gasteiger partial charge is 0.170 e. The highest BCUT2D eigenvalue weighted by molar-refractivity contribution is 5.90. The maximum absolute atomic E-state index is 12.2. The molecule has 0 saturated heterocycles. The van der Waals surface area contributed by atoms with Crippen LogP contribution in [0, 0.1) is 11.8 Å². The fourth-order valence-corrected chi connectivity index (χ4v) is 1.47. The zero-order valence-corrected chi connectivity index (χ0v) is 4.43. The van der Waals surface area contributed by atoms with E-state index in [4.69, 9.17) is 0 Å². The molecule has 44 valence electrons. The van der Waals surface area contributed by atoms with Gasteiger partial charge in [-0.1, -0.05) is 0 Å². The molecule has 0 spiro atoms. The SMILES string of the molecule is O=C1[C@@H](F)C[C@H]2C[C@@H]12. The van der Waals surface area contributed by atoms with Gasteiger partial charge in [-0.3, -0.25) is 4.79 Å². The third kappa shape index (κ3) is 0.383. The quantitative estimate of drug-likeness (QED) is 0.458. The van der Waals surface area contributed by atoms with Gasteiger partial charge in [0.2, 0.25) is 0 Å². The number of fused-ring (bicyclic) bond motifs is 1. The predicted octanol–water partition coefficient (Wildman–Crippen LogP) is 0.933. The van der Waals surface area contributed by atoms with Gasteiger partial charge in [0.1, 0.15) is 0 Å². The van der Waals surface area contributed by atoms with Crippen LogP contribution >= 0.6 is 0 Å². The zero-order valence-electron chi connectivity index (χ0n) is 4.43. The van der Waals surface area contributed by atoms with Crippen LogP contribution in [0.2, 0.25) is 0 Å². The summed E-state index contributed by atoms with van der Waals surface area (Å²) < 4.78 is 12.2. The van der Waals surface area contributed by atoms with Crippen LogP contribution in [0.4, 0.5) is 4.39 Å². The average Bonchev–Trinajstić information content (AvgIpc) is 2.39. The van der Waals surface area contributed by atoms with Crippen molar-refractivity contribution in [3.8, 4) is 0 Å². The Morgan fingerprint density at radius 3 is 2.50 bits per heavy atom. The number of halogens is 1. The molecule has 0 bridgehead atoms.